The van der Waals surface area contributed by atoms with Gasteiger partial charge in [-0.2, -0.15) is 0 Å². The molecular formula is C10H18N2O3. The zero-order chi connectivity index (χ0) is 11.8. The van der Waals surface area contributed by atoms with Gasteiger partial charge in [-0.1, -0.05) is 6.58 Å². The van der Waals surface area contributed by atoms with E-state index < -0.39 is 5.97 Å². The van der Waals surface area contributed by atoms with Crippen LogP contribution in [0.25, 0.3) is 0 Å². The number of carboxylic acids is 1. The van der Waals surface area contributed by atoms with E-state index in [2.05, 4.69) is 11.9 Å². The molecule has 0 aromatic rings. The van der Waals surface area contributed by atoms with Gasteiger partial charge in [-0.25, -0.2) is 0 Å². The third-order valence-electron chi connectivity index (χ3n) is 1.87. The number of hydrogen-bond donors (Lipinski definition) is 2. The fraction of sp³-hybridized carbons (Fsp3) is 0.600. The van der Waals surface area contributed by atoms with Crippen LogP contribution in [-0.4, -0.2) is 48.6 Å². The Hall–Kier alpha value is -1.36. The quantitative estimate of drug-likeness (QED) is 0.589. The molecule has 15 heavy (non-hydrogen) atoms. The maximum atomic E-state index is 11.1. The number of nitrogens with one attached hydrogen (secondary N) is 1. The van der Waals surface area contributed by atoms with E-state index >= 15 is 0 Å². The molecule has 0 saturated heterocycles. The third kappa shape index (κ3) is 7.69. The van der Waals surface area contributed by atoms with E-state index in [4.69, 9.17) is 5.11 Å². The largest absolute Gasteiger partial charge is 0.481 e. The zero-order valence-electron chi connectivity index (χ0n) is 9.25. The molecule has 0 aliphatic rings. The summed E-state index contributed by atoms with van der Waals surface area (Å²) in [5.74, 6) is -0.977. The third-order valence-corrected chi connectivity index (χ3v) is 1.87. The summed E-state index contributed by atoms with van der Waals surface area (Å²) in [5.41, 5.74) is 0.475. The van der Waals surface area contributed by atoms with Crippen molar-refractivity contribution in [3.8, 4) is 0 Å². The van der Waals surface area contributed by atoms with Gasteiger partial charge >= 0.3 is 5.97 Å². The summed E-state index contributed by atoms with van der Waals surface area (Å²) in [6.45, 7) is 6.77. The molecule has 5 nitrogen and oxygen atoms in total. The number of rotatable bonds is 7. The van der Waals surface area contributed by atoms with Gasteiger partial charge in [0.2, 0.25) is 5.91 Å². The summed E-state index contributed by atoms with van der Waals surface area (Å²) in [6.07, 6.45) is 0.116. The van der Waals surface area contributed by atoms with Crippen LogP contribution >= 0.6 is 0 Å². The Morgan fingerprint density at radius 1 is 1.40 bits per heavy atom. The first kappa shape index (κ1) is 13.6. The fourth-order valence-electron chi connectivity index (χ4n) is 0.909. The number of hydrogen-bond acceptors (Lipinski definition) is 3. The average Bonchev–Trinajstić information content (AvgIpc) is 2.14. The van der Waals surface area contributed by atoms with Crippen molar-refractivity contribution in [2.75, 3.05) is 26.7 Å². The highest BCUT2D eigenvalue weighted by Gasteiger charge is 2.04. The van der Waals surface area contributed by atoms with E-state index in [1.54, 1.807) is 6.92 Å². The minimum absolute atomic E-state index is 0.116. The number of carbonyl (C=O) groups excluding carboxylic acids is 1. The maximum absolute atomic E-state index is 11.1. The van der Waals surface area contributed by atoms with E-state index in [0.717, 1.165) is 0 Å². The van der Waals surface area contributed by atoms with Gasteiger partial charge in [-0.05, 0) is 14.0 Å². The van der Waals surface area contributed by atoms with Gasteiger partial charge in [0.1, 0.15) is 0 Å². The molecule has 0 unspecified atom stereocenters. The minimum Gasteiger partial charge on any atom is -0.481 e. The summed E-state index contributed by atoms with van der Waals surface area (Å²) >= 11 is 0. The summed E-state index contributed by atoms with van der Waals surface area (Å²) in [5, 5.41) is 11.1. The van der Waals surface area contributed by atoms with Crippen LogP contribution in [0.15, 0.2) is 12.2 Å². The average molecular weight is 214 g/mol. The van der Waals surface area contributed by atoms with E-state index in [1.807, 2.05) is 11.9 Å². The summed E-state index contributed by atoms with van der Waals surface area (Å²) in [4.78, 5) is 23.2. The predicted octanol–water partition coefficient (Wildman–Crippen LogP) is 0.0852. The summed E-state index contributed by atoms with van der Waals surface area (Å²) in [7, 11) is 1.82. The highest BCUT2D eigenvalue weighted by Crippen LogP contribution is 1.88. The molecule has 0 heterocycles. The number of likely N-dealkylation sites (N-methyl/N-ethyl adjacent to an activating group) is 1. The highest BCUT2D eigenvalue weighted by molar-refractivity contribution is 5.92. The molecule has 0 aliphatic carbocycles. The Morgan fingerprint density at radius 2 is 2.00 bits per heavy atom. The normalized spacial score (nSPS) is 10.1. The number of aliphatic carboxylic acids is 1. The van der Waals surface area contributed by atoms with Crippen molar-refractivity contribution in [1.82, 2.24) is 10.2 Å². The lowest BCUT2D eigenvalue weighted by Crippen LogP contribution is -2.34. The highest BCUT2D eigenvalue weighted by atomic mass is 16.4. The molecular weight excluding hydrogens is 196 g/mol. The van der Waals surface area contributed by atoms with Crippen molar-refractivity contribution in [2.24, 2.45) is 0 Å². The SMILES string of the molecule is C=C(C)C(=O)NCCN(C)CCC(=O)O. The van der Waals surface area contributed by atoms with Gasteiger partial charge in [-0.15, -0.1) is 0 Å². The van der Waals surface area contributed by atoms with Crippen LogP contribution in [0, 0.1) is 0 Å². The lowest BCUT2D eigenvalue weighted by molar-refractivity contribution is -0.137. The van der Waals surface area contributed by atoms with Crippen LogP contribution in [0.3, 0.4) is 0 Å². The second-order valence-electron chi connectivity index (χ2n) is 3.48. The zero-order valence-corrected chi connectivity index (χ0v) is 9.25. The van der Waals surface area contributed by atoms with E-state index in [0.29, 0.717) is 25.2 Å². The molecule has 0 radical (unpaired) electrons. The molecule has 0 saturated carbocycles. The molecule has 0 aromatic heterocycles. The first-order valence-corrected chi connectivity index (χ1v) is 4.77. The monoisotopic (exact) mass is 214 g/mol. The molecule has 0 aromatic carbocycles. The van der Waals surface area contributed by atoms with Crippen molar-refractivity contribution in [2.45, 2.75) is 13.3 Å². The van der Waals surface area contributed by atoms with Crippen LogP contribution in [-0.2, 0) is 9.59 Å². The molecule has 0 spiro atoms. The molecule has 86 valence electrons. The molecule has 1 amide bonds. The molecule has 0 rings (SSSR count). The van der Waals surface area contributed by atoms with Crippen molar-refractivity contribution < 1.29 is 14.7 Å². The first-order chi connectivity index (χ1) is 6.93. The van der Waals surface area contributed by atoms with Gasteiger partial charge in [-0.3, -0.25) is 9.59 Å². The lowest BCUT2D eigenvalue weighted by atomic mass is 10.3. The molecule has 0 bridgehead atoms. The Labute approximate surface area is 89.8 Å². The van der Waals surface area contributed by atoms with E-state index in [9.17, 15) is 9.59 Å². The first-order valence-electron chi connectivity index (χ1n) is 4.77. The van der Waals surface area contributed by atoms with Crippen molar-refractivity contribution in [3.63, 3.8) is 0 Å². The standard InChI is InChI=1S/C10H18N2O3/c1-8(2)10(15)11-5-7-12(3)6-4-9(13)14/h1,4-7H2,2-3H3,(H,11,15)(H,13,14). The van der Waals surface area contributed by atoms with Crippen molar-refractivity contribution in [3.05, 3.63) is 12.2 Å². The predicted molar refractivity (Wildman–Crippen MR) is 57.6 cm³/mol. The lowest BCUT2D eigenvalue weighted by Gasteiger charge is -2.15. The Bertz CT molecular complexity index is 251. The van der Waals surface area contributed by atoms with Crippen LogP contribution in [0.4, 0.5) is 0 Å². The fourth-order valence-corrected chi connectivity index (χ4v) is 0.909. The van der Waals surface area contributed by atoms with Crippen LogP contribution in [0.2, 0.25) is 0 Å². The number of carbonyl (C=O) groups is 2. The summed E-state index contributed by atoms with van der Waals surface area (Å²) < 4.78 is 0. The second kappa shape index (κ2) is 7.00. The van der Waals surface area contributed by atoms with Crippen molar-refractivity contribution in [1.29, 1.82) is 0 Å². The molecule has 0 aliphatic heterocycles. The van der Waals surface area contributed by atoms with E-state index in [-0.39, 0.29) is 12.3 Å². The summed E-state index contributed by atoms with van der Waals surface area (Å²) in [6, 6.07) is 0. The Kier molecular flexibility index (Phi) is 6.37. The maximum Gasteiger partial charge on any atom is 0.304 e. The topological polar surface area (TPSA) is 69.6 Å². The molecule has 0 atom stereocenters. The van der Waals surface area contributed by atoms with Crippen LogP contribution in [0.5, 0.6) is 0 Å². The Morgan fingerprint density at radius 3 is 2.47 bits per heavy atom. The molecule has 5 heteroatoms. The van der Waals surface area contributed by atoms with Gasteiger partial charge in [0, 0.05) is 25.2 Å². The van der Waals surface area contributed by atoms with Crippen LogP contribution in [0.1, 0.15) is 13.3 Å². The molecule has 0 fully saturated rings. The molecule has 2 N–H and O–H groups in total. The van der Waals surface area contributed by atoms with E-state index in [1.165, 1.54) is 0 Å². The number of carboxylic acid groups (broad SMARTS) is 1. The van der Waals surface area contributed by atoms with Crippen molar-refractivity contribution >= 4 is 11.9 Å². The van der Waals surface area contributed by atoms with Gasteiger partial charge < -0.3 is 15.3 Å². The van der Waals surface area contributed by atoms with Crippen LogP contribution < -0.4 is 5.32 Å². The van der Waals surface area contributed by atoms with Gasteiger partial charge in [0.15, 0.2) is 0 Å². The Balaban J connectivity index is 3.54. The van der Waals surface area contributed by atoms with Gasteiger partial charge in [0.05, 0.1) is 6.42 Å². The smallest absolute Gasteiger partial charge is 0.304 e. The number of nitrogens with zero attached hydrogens (tertiary/aromatic N) is 1. The van der Waals surface area contributed by atoms with Gasteiger partial charge in [0.25, 0.3) is 0 Å². The minimum atomic E-state index is -0.812. The second-order valence-corrected chi connectivity index (χ2v) is 3.48. The number of amides is 1.